The molecule has 182 valence electrons. The number of carbonyl (C=O) groups is 1. The summed E-state index contributed by atoms with van der Waals surface area (Å²) in [6.07, 6.45) is 6.53. The first-order valence-corrected chi connectivity index (χ1v) is 12.7. The Balaban J connectivity index is 1.51. The van der Waals surface area contributed by atoms with Crippen LogP contribution in [0.4, 0.5) is 5.82 Å². The number of ether oxygens (including phenoxy) is 2. The van der Waals surface area contributed by atoms with Crippen LogP contribution < -0.4 is 19.7 Å². The quantitative estimate of drug-likeness (QED) is 0.343. The predicted octanol–water partition coefficient (Wildman–Crippen LogP) is 3.77. The lowest BCUT2D eigenvalue weighted by Gasteiger charge is -2.28. The molecule has 1 fully saturated rings. The number of rotatable bonds is 10. The molecule has 3 aromatic rings. The van der Waals surface area contributed by atoms with Crippen molar-refractivity contribution in [3.63, 3.8) is 0 Å². The van der Waals surface area contributed by atoms with Crippen LogP contribution in [0.15, 0.2) is 29.6 Å². The average Bonchev–Trinajstić information content (AvgIpc) is 3.29. The molecule has 0 aliphatic carbocycles. The van der Waals surface area contributed by atoms with Gasteiger partial charge in [0, 0.05) is 37.0 Å². The zero-order valence-electron chi connectivity index (χ0n) is 20.0. The third-order valence-electron chi connectivity index (χ3n) is 5.77. The summed E-state index contributed by atoms with van der Waals surface area (Å²) in [5.74, 6) is 2.89. The van der Waals surface area contributed by atoms with Gasteiger partial charge >= 0.3 is 0 Å². The van der Waals surface area contributed by atoms with Crippen molar-refractivity contribution in [3.8, 4) is 11.5 Å². The van der Waals surface area contributed by atoms with Crippen LogP contribution in [0.2, 0.25) is 0 Å². The molecule has 4 rings (SSSR count). The fourth-order valence-corrected chi connectivity index (χ4v) is 4.69. The smallest absolute Gasteiger partial charge is 0.251 e. The second kappa shape index (κ2) is 11.4. The summed E-state index contributed by atoms with van der Waals surface area (Å²) in [5, 5.41) is 9.29. The van der Waals surface area contributed by atoms with Gasteiger partial charge in [-0.2, -0.15) is 5.10 Å². The van der Waals surface area contributed by atoms with Crippen molar-refractivity contribution in [1.82, 2.24) is 25.1 Å². The van der Waals surface area contributed by atoms with Crippen LogP contribution in [0.25, 0.3) is 11.0 Å². The molecule has 10 heteroatoms. The zero-order chi connectivity index (χ0) is 23.9. The Morgan fingerprint density at radius 2 is 1.82 bits per heavy atom. The van der Waals surface area contributed by atoms with Gasteiger partial charge in [0.05, 0.1) is 32.3 Å². The number of thioether (sulfide) groups is 1. The lowest BCUT2D eigenvalue weighted by atomic mass is 10.1. The van der Waals surface area contributed by atoms with Crippen LogP contribution >= 0.6 is 11.8 Å². The number of nitrogens with zero attached hydrogens (tertiary/aromatic N) is 5. The molecule has 34 heavy (non-hydrogen) atoms. The minimum atomic E-state index is -0.198. The number of benzene rings is 1. The first-order chi connectivity index (χ1) is 16.6. The van der Waals surface area contributed by atoms with Crippen molar-refractivity contribution in [1.29, 1.82) is 0 Å². The summed E-state index contributed by atoms with van der Waals surface area (Å²) < 4.78 is 12.4. The number of hydrogen-bond acceptors (Lipinski definition) is 8. The van der Waals surface area contributed by atoms with E-state index >= 15 is 0 Å². The maximum atomic E-state index is 12.7. The fourth-order valence-electron chi connectivity index (χ4n) is 4.01. The molecular weight excluding hydrogens is 452 g/mol. The Morgan fingerprint density at radius 1 is 1.09 bits per heavy atom. The van der Waals surface area contributed by atoms with Gasteiger partial charge < -0.3 is 19.7 Å². The summed E-state index contributed by atoms with van der Waals surface area (Å²) >= 11 is 1.68. The largest absolute Gasteiger partial charge is 0.497 e. The van der Waals surface area contributed by atoms with Crippen molar-refractivity contribution < 1.29 is 14.3 Å². The number of methoxy groups -OCH3 is 2. The molecule has 0 atom stereocenters. The van der Waals surface area contributed by atoms with Gasteiger partial charge in [-0.1, -0.05) is 18.7 Å². The van der Waals surface area contributed by atoms with Gasteiger partial charge in [0.2, 0.25) is 0 Å². The van der Waals surface area contributed by atoms with Crippen molar-refractivity contribution in [2.24, 2.45) is 0 Å². The van der Waals surface area contributed by atoms with Crippen LogP contribution in [0, 0.1) is 0 Å². The van der Waals surface area contributed by atoms with Crippen molar-refractivity contribution in [3.05, 3.63) is 30.0 Å². The standard InChI is InChI=1S/C24H32N6O3S/c1-4-12-34-24-27-21(29-9-6-5-7-10-29)20-16-26-30(22(20)28-24)11-8-25-23(31)17-13-18(32-2)15-19(14-17)33-3/h13-16H,4-12H2,1-3H3,(H,25,31). The highest BCUT2D eigenvalue weighted by Crippen LogP contribution is 2.29. The van der Waals surface area contributed by atoms with E-state index in [1.54, 1.807) is 44.2 Å². The maximum Gasteiger partial charge on any atom is 0.251 e. The van der Waals surface area contributed by atoms with E-state index in [4.69, 9.17) is 19.4 Å². The van der Waals surface area contributed by atoms with Crippen LogP contribution in [-0.2, 0) is 6.54 Å². The zero-order valence-corrected chi connectivity index (χ0v) is 20.9. The highest BCUT2D eigenvalue weighted by atomic mass is 32.2. The number of nitrogens with one attached hydrogen (secondary N) is 1. The first-order valence-electron chi connectivity index (χ1n) is 11.8. The highest BCUT2D eigenvalue weighted by molar-refractivity contribution is 7.99. The molecule has 0 bridgehead atoms. The van der Waals surface area contributed by atoms with E-state index in [1.807, 2.05) is 10.9 Å². The second-order valence-corrected chi connectivity index (χ2v) is 9.25. The molecule has 1 saturated heterocycles. The van der Waals surface area contributed by atoms with Crippen LogP contribution in [0.1, 0.15) is 43.0 Å². The molecule has 0 unspecified atom stereocenters. The third kappa shape index (κ3) is 5.55. The lowest BCUT2D eigenvalue weighted by Crippen LogP contribution is -2.30. The van der Waals surface area contributed by atoms with Crippen molar-refractivity contribution >= 4 is 34.5 Å². The van der Waals surface area contributed by atoms with Gasteiger partial charge in [0.15, 0.2) is 10.8 Å². The molecule has 0 radical (unpaired) electrons. The summed E-state index contributed by atoms with van der Waals surface area (Å²) in [6.45, 7) is 5.09. The van der Waals surface area contributed by atoms with Crippen LogP contribution in [-0.4, -0.2) is 65.3 Å². The predicted molar refractivity (Wildman–Crippen MR) is 134 cm³/mol. The minimum Gasteiger partial charge on any atom is -0.497 e. The van der Waals surface area contributed by atoms with Gasteiger partial charge in [0.1, 0.15) is 17.3 Å². The van der Waals surface area contributed by atoms with Gasteiger partial charge in [0.25, 0.3) is 5.91 Å². The number of anilines is 1. The van der Waals surface area contributed by atoms with Crippen LogP contribution in [0.5, 0.6) is 11.5 Å². The number of piperidine rings is 1. The van der Waals surface area contributed by atoms with Gasteiger partial charge in [-0.25, -0.2) is 14.6 Å². The molecule has 1 aliphatic rings. The monoisotopic (exact) mass is 484 g/mol. The van der Waals surface area contributed by atoms with Crippen molar-refractivity contribution in [2.75, 3.05) is 44.5 Å². The van der Waals surface area contributed by atoms with E-state index in [-0.39, 0.29) is 5.91 Å². The Hall–Kier alpha value is -3.01. The number of hydrogen-bond donors (Lipinski definition) is 1. The molecule has 1 N–H and O–H groups in total. The molecule has 1 amide bonds. The van der Waals surface area contributed by atoms with E-state index in [0.29, 0.717) is 30.2 Å². The number of amides is 1. The molecule has 1 aliphatic heterocycles. The molecular formula is C24H32N6O3S. The Bertz CT molecular complexity index is 1110. The lowest BCUT2D eigenvalue weighted by molar-refractivity contribution is 0.0951. The number of fused-ring (bicyclic) bond motifs is 1. The van der Waals surface area contributed by atoms with E-state index < -0.39 is 0 Å². The summed E-state index contributed by atoms with van der Waals surface area (Å²) in [5.41, 5.74) is 1.29. The van der Waals surface area contributed by atoms with Crippen molar-refractivity contribution in [2.45, 2.75) is 44.3 Å². The molecule has 2 aromatic heterocycles. The van der Waals surface area contributed by atoms with Crippen LogP contribution in [0.3, 0.4) is 0 Å². The molecule has 0 saturated carbocycles. The summed E-state index contributed by atoms with van der Waals surface area (Å²) in [6, 6.07) is 5.12. The molecule has 1 aromatic carbocycles. The number of aromatic nitrogens is 4. The first kappa shape index (κ1) is 24.1. The molecule has 9 nitrogen and oxygen atoms in total. The Labute approximate surface area is 204 Å². The minimum absolute atomic E-state index is 0.198. The van der Waals surface area contributed by atoms with E-state index in [2.05, 4.69) is 22.2 Å². The van der Waals surface area contributed by atoms with E-state index in [0.717, 1.165) is 47.3 Å². The Kier molecular flexibility index (Phi) is 8.10. The molecule has 3 heterocycles. The highest BCUT2D eigenvalue weighted by Gasteiger charge is 2.20. The molecule has 0 spiro atoms. The maximum absolute atomic E-state index is 12.7. The van der Waals surface area contributed by atoms with E-state index in [1.165, 1.54) is 19.3 Å². The third-order valence-corrected chi connectivity index (χ3v) is 6.82. The fraction of sp³-hybridized carbons (Fsp3) is 0.500. The van der Waals surface area contributed by atoms with E-state index in [9.17, 15) is 4.79 Å². The van der Waals surface area contributed by atoms with Gasteiger partial charge in [-0.05, 0) is 37.8 Å². The Morgan fingerprint density at radius 3 is 2.50 bits per heavy atom. The SMILES string of the molecule is CCCSc1nc(N2CCCCC2)c2cnn(CCNC(=O)c3cc(OC)cc(OC)c3)c2n1. The normalized spacial score (nSPS) is 13.8. The average molecular weight is 485 g/mol. The topological polar surface area (TPSA) is 94.4 Å². The second-order valence-electron chi connectivity index (χ2n) is 8.19. The summed E-state index contributed by atoms with van der Waals surface area (Å²) in [7, 11) is 3.12. The number of carbonyl (C=O) groups excluding carboxylic acids is 1. The van der Waals surface area contributed by atoms with Gasteiger partial charge in [-0.15, -0.1) is 0 Å². The van der Waals surface area contributed by atoms with Gasteiger partial charge in [-0.3, -0.25) is 4.79 Å². The summed E-state index contributed by atoms with van der Waals surface area (Å²) in [4.78, 5) is 24.8.